The molecule has 7 rings (SSSR count). The Morgan fingerprint density at radius 2 is 1.94 bits per heavy atom. The number of alkyl halides is 3. The van der Waals surface area contributed by atoms with E-state index in [2.05, 4.69) is 20.0 Å². The second kappa shape index (κ2) is 13.9. The molecule has 2 saturated carbocycles. The van der Waals surface area contributed by atoms with E-state index in [1.54, 1.807) is 24.1 Å². The minimum atomic E-state index is -4.67. The topological polar surface area (TPSA) is 160 Å². The second-order valence-electron chi connectivity index (χ2n) is 13.7. The van der Waals surface area contributed by atoms with Gasteiger partial charge in [0.1, 0.15) is 44.9 Å². The summed E-state index contributed by atoms with van der Waals surface area (Å²) in [6.07, 6.45) is 1.47. The number of aromatic nitrogens is 2. The van der Waals surface area contributed by atoms with Crippen molar-refractivity contribution in [2.24, 2.45) is 5.92 Å². The predicted molar refractivity (Wildman–Crippen MR) is 189 cm³/mol. The largest absolute Gasteiger partial charge is 0.495 e. The zero-order chi connectivity index (χ0) is 37.9. The van der Waals surface area contributed by atoms with Gasteiger partial charge in [-0.15, -0.1) is 11.3 Å². The number of likely N-dealkylation sites (N-methyl/N-ethyl adjacent to an activating group) is 1. The zero-order valence-corrected chi connectivity index (χ0v) is 31.0. The van der Waals surface area contributed by atoms with Gasteiger partial charge in [0.05, 0.1) is 24.4 Å². The van der Waals surface area contributed by atoms with Gasteiger partial charge >= 0.3 is 12.2 Å². The van der Waals surface area contributed by atoms with Crippen molar-refractivity contribution in [3.63, 3.8) is 0 Å². The fraction of sp³-hybridized carbons (Fsp3) is 0.500. The number of fused-ring (bicyclic) bond motifs is 3. The molecule has 3 fully saturated rings. The minimum Gasteiger partial charge on any atom is -0.495 e. The maximum atomic E-state index is 14.1. The molecule has 0 spiro atoms. The van der Waals surface area contributed by atoms with Crippen LogP contribution >= 0.6 is 22.9 Å². The summed E-state index contributed by atoms with van der Waals surface area (Å²) >= 11 is 7.37. The Hall–Kier alpha value is -4.16. The highest BCUT2D eigenvalue weighted by atomic mass is 35.5. The first-order valence-corrected chi connectivity index (χ1v) is 19.8. The van der Waals surface area contributed by atoms with Gasteiger partial charge in [-0.2, -0.15) is 13.2 Å². The Morgan fingerprint density at radius 3 is 2.64 bits per heavy atom. The number of rotatable bonds is 7. The van der Waals surface area contributed by atoms with Gasteiger partial charge in [-0.25, -0.2) is 23.2 Å². The van der Waals surface area contributed by atoms with Gasteiger partial charge in [0.25, 0.3) is 5.91 Å². The Kier molecular flexibility index (Phi) is 9.76. The molecule has 284 valence electrons. The van der Waals surface area contributed by atoms with Crippen molar-refractivity contribution in [1.82, 2.24) is 29.8 Å². The molecule has 1 aromatic carbocycles. The number of benzene rings is 1. The van der Waals surface area contributed by atoms with Gasteiger partial charge in [0.15, 0.2) is 5.69 Å². The van der Waals surface area contributed by atoms with Gasteiger partial charge in [0.2, 0.25) is 15.9 Å². The number of halogens is 4. The molecule has 2 aliphatic carbocycles. The number of methoxy groups -OCH3 is 1. The van der Waals surface area contributed by atoms with Crippen LogP contribution in [0.2, 0.25) is 5.02 Å². The molecule has 19 heteroatoms. The van der Waals surface area contributed by atoms with E-state index in [4.69, 9.17) is 21.1 Å². The van der Waals surface area contributed by atoms with Crippen LogP contribution in [0.3, 0.4) is 0 Å². The first-order valence-electron chi connectivity index (χ1n) is 17.0. The molecule has 53 heavy (non-hydrogen) atoms. The van der Waals surface area contributed by atoms with Gasteiger partial charge in [0, 0.05) is 42.8 Å². The lowest BCUT2D eigenvalue weighted by Gasteiger charge is -2.30. The van der Waals surface area contributed by atoms with E-state index >= 15 is 0 Å². The fourth-order valence-corrected chi connectivity index (χ4v) is 9.21. The normalized spacial score (nSPS) is 26.0. The molecule has 0 radical (unpaired) electrons. The van der Waals surface area contributed by atoms with E-state index < -0.39 is 62.7 Å². The van der Waals surface area contributed by atoms with Crippen molar-refractivity contribution in [3.8, 4) is 22.2 Å². The van der Waals surface area contributed by atoms with Crippen LogP contribution in [0.4, 0.5) is 18.0 Å². The quantitative estimate of drug-likeness (QED) is 0.309. The SMILES string of the molecule is COc1ccc2c(O[C@H]3C[C@H]4C(=O)N(C)CCCC/C=C\[C@@H]5C[C@@]5(C(=O)NS(=O)(=O)C5CC5)NC(=O)N4C3)cc(-c3nc(C(F)(F)F)cs3)nc2c1Cl. The predicted octanol–water partition coefficient (Wildman–Crippen LogP) is 5.14. The van der Waals surface area contributed by atoms with E-state index in [-0.39, 0.29) is 58.0 Å². The lowest BCUT2D eigenvalue weighted by molar-refractivity contribution is -0.140. The van der Waals surface area contributed by atoms with E-state index in [0.29, 0.717) is 37.6 Å². The molecule has 2 aliphatic heterocycles. The van der Waals surface area contributed by atoms with Crippen LogP contribution in [0.1, 0.15) is 50.6 Å². The third kappa shape index (κ3) is 7.36. The first-order chi connectivity index (χ1) is 25.1. The molecule has 4 heterocycles. The smallest absolute Gasteiger partial charge is 0.434 e. The minimum absolute atomic E-state index is 0.0354. The van der Waals surface area contributed by atoms with Crippen molar-refractivity contribution < 1.29 is 45.4 Å². The number of amides is 4. The molecule has 4 atom stereocenters. The molecule has 0 unspecified atom stereocenters. The zero-order valence-electron chi connectivity index (χ0n) is 28.6. The van der Waals surface area contributed by atoms with Crippen LogP contribution in [-0.2, 0) is 25.8 Å². The van der Waals surface area contributed by atoms with E-state index in [0.717, 1.165) is 23.1 Å². The Balaban J connectivity index is 1.21. The number of sulfonamides is 1. The van der Waals surface area contributed by atoms with Crippen molar-refractivity contribution in [3.05, 3.63) is 46.4 Å². The van der Waals surface area contributed by atoms with Gasteiger partial charge in [-0.3, -0.25) is 14.3 Å². The van der Waals surface area contributed by atoms with Crippen molar-refractivity contribution >= 4 is 61.7 Å². The molecule has 4 aliphatic rings. The van der Waals surface area contributed by atoms with E-state index in [1.165, 1.54) is 18.1 Å². The van der Waals surface area contributed by atoms with Crippen molar-refractivity contribution in [2.75, 3.05) is 27.2 Å². The number of thiazole rings is 1. The third-order valence-electron chi connectivity index (χ3n) is 9.99. The number of carbonyl (C=O) groups is 3. The molecular formula is C34H36ClF3N6O7S2. The van der Waals surface area contributed by atoms with Gasteiger partial charge in [-0.05, 0) is 50.7 Å². The molecular weight excluding hydrogens is 761 g/mol. The van der Waals surface area contributed by atoms with Crippen LogP contribution in [-0.4, -0.2) is 96.2 Å². The maximum Gasteiger partial charge on any atom is 0.434 e. The number of nitrogens with one attached hydrogen (secondary N) is 2. The average molecular weight is 797 g/mol. The summed E-state index contributed by atoms with van der Waals surface area (Å²) in [5.74, 6) is -1.20. The Labute approximate surface area is 311 Å². The van der Waals surface area contributed by atoms with E-state index in [9.17, 15) is 36.0 Å². The fourth-order valence-electron chi connectivity index (χ4n) is 6.78. The molecule has 0 bridgehead atoms. The lowest BCUT2D eigenvalue weighted by atomic mass is 10.1. The van der Waals surface area contributed by atoms with Crippen LogP contribution in [0.15, 0.2) is 35.7 Å². The second-order valence-corrected chi connectivity index (χ2v) is 16.9. The highest BCUT2D eigenvalue weighted by molar-refractivity contribution is 7.91. The molecule has 13 nitrogen and oxygen atoms in total. The molecule has 2 N–H and O–H groups in total. The summed E-state index contributed by atoms with van der Waals surface area (Å²) in [7, 11) is -0.862. The number of hydrogen-bond acceptors (Lipinski definition) is 10. The van der Waals surface area contributed by atoms with Crippen molar-refractivity contribution in [1.29, 1.82) is 0 Å². The number of hydrogen-bond donors (Lipinski definition) is 2. The Morgan fingerprint density at radius 1 is 1.17 bits per heavy atom. The number of ether oxygens (including phenoxy) is 2. The number of allylic oxidation sites excluding steroid dienone is 1. The number of urea groups is 1. The number of pyridine rings is 1. The van der Waals surface area contributed by atoms with Crippen LogP contribution in [0.5, 0.6) is 11.5 Å². The number of carbonyl (C=O) groups excluding carboxylic acids is 3. The van der Waals surface area contributed by atoms with Gasteiger partial charge < -0.3 is 24.6 Å². The molecule has 2 aromatic heterocycles. The van der Waals surface area contributed by atoms with Crippen LogP contribution < -0.4 is 19.5 Å². The highest BCUT2D eigenvalue weighted by Crippen LogP contribution is 2.46. The van der Waals surface area contributed by atoms with Crippen LogP contribution in [0, 0.1) is 5.92 Å². The summed E-state index contributed by atoms with van der Waals surface area (Å²) in [6, 6.07) is 2.89. The summed E-state index contributed by atoms with van der Waals surface area (Å²) in [4.78, 5) is 52.7. The first kappa shape index (κ1) is 37.2. The molecule has 3 aromatic rings. The molecule has 1 saturated heterocycles. The lowest BCUT2D eigenvalue weighted by Crippen LogP contribution is -2.57. The summed E-state index contributed by atoms with van der Waals surface area (Å²) in [5.41, 5.74) is -2.39. The van der Waals surface area contributed by atoms with Gasteiger partial charge in [-0.1, -0.05) is 23.8 Å². The highest BCUT2D eigenvalue weighted by Gasteiger charge is 2.62. The standard InChI is InChI=1S/C34H36ClF3N6O7S2/c1-43-12-6-4-3-5-7-18-15-33(18,31(46)42-53(48,49)20-8-9-20)41-32(47)44-16-19(13-23(44)30(43)45)51-25-14-22(29-40-26(17-52-29)34(36,37)38)39-28-21(25)10-11-24(50-2)27(28)35/h5,7,10-11,14,17-20,23H,3-4,6,8-9,12-13,15-16H2,1-2H3,(H,41,47)(H,42,46)/b7-5-/t18-,19+,23+,33-/m1/s1. The van der Waals surface area contributed by atoms with Crippen LogP contribution in [0.25, 0.3) is 21.6 Å². The van der Waals surface area contributed by atoms with Crippen molar-refractivity contribution in [2.45, 2.75) is 74.1 Å². The average Bonchev–Trinajstić information content (AvgIpc) is 3.98. The van der Waals surface area contributed by atoms with E-state index in [1.807, 2.05) is 12.2 Å². The Bertz CT molecular complexity index is 2110. The number of nitrogens with zero attached hydrogens (tertiary/aromatic N) is 4. The third-order valence-corrected chi connectivity index (χ3v) is 13.0. The summed E-state index contributed by atoms with van der Waals surface area (Å²) in [6.45, 7) is 0.318. The summed E-state index contributed by atoms with van der Waals surface area (Å²) < 4.78 is 79.8. The monoisotopic (exact) mass is 796 g/mol. The molecule has 4 amide bonds. The maximum absolute atomic E-state index is 14.1. The summed E-state index contributed by atoms with van der Waals surface area (Å²) in [5, 5.41) is 3.46.